The molecule has 7 heteroatoms. The number of hydrogen-bond acceptors (Lipinski definition) is 2. The fourth-order valence-electron chi connectivity index (χ4n) is 2.38. The molecule has 2 atom stereocenters. The number of hydrogen-bond donors (Lipinski definition) is 2. The van der Waals surface area contributed by atoms with E-state index >= 15 is 0 Å². The second-order valence-electron chi connectivity index (χ2n) is 5.96. The minimum atomic E-state index is -4.39. The molecule has 2 unspecified atom stereocenters. The first-order chi connectivity index (χ1) is 10.7. The molecule has 0 radical (unpaired) electrons. The number of carbonyl (C=O) groups is 2. The van der Waals surface area contributed by atoms with Gasteiger partial charge in [-0.1, -0.05) is 19.1 Å². The summed E-state index contributed by atoms with van der Waals surface area (Å²) in [6, 6.07) is 3.75. The van der Waals surface area contributed by atoms with E-state index in [2.05, 4.69) is 5.32 Å². The van der Waals surface area contributed by atoms with Gasteiger partial charge in [0.1, 0.15) is 6.04 Å². The van der Waals surface area contributed by atoms with Crippen molar-refractivity contribution in [2.45, 2.75) is 38.4 Å². The van der Waals surface area contributed by atoms with E-state index in [1.165, 1.54) is 12.1 Å². The molecule has 126 valence electrons. The third-order valence-electron chi connectivity index (χ3n) is 3.93. The molecule has 0 saturated heterocycles. The minimum absolute atomic E-state index is 0.0188. The number of carboxylic acids is 1. The van der Waals surface area contributed by atoms with Crippen molar-refractivity contribution in [3.05, 3.63) is 35.4 Å². The summed E-state index contributed by atoms with van der Waals surface area (Å²) >= 11 is 0. The lowest BCUT2D eigenvalue weighted by Crippen LogP contribution is -2.44. The highest BCUT2D eigenvalue weighted by atomic mass is 19.4. The molecule has 1 amide bonds. The number of carboxylic acid groups (broad SMARTS) is 1. The number of benzene rings is 1. The number of aliphatic carboxylic acids is 1. The van der Waals surface area contributed by atoms with Gasteiger partial charge in [0.05, 0.1) is 5.56 Å². The molecular weight excluding hydrogens is 311 g/mol. The van der Waals surface area contributed by atoms with Gasteiger partial charge in [0.2, 0.25) is 5.91 Å². The normalized spacial score (nSPS) is 17.4. The standard InChI is InChI=1S/C16H18F3NO3/c1-9(14(21)20-13(15(22)23)11-4-5-11)8-10-2-6-12(7-3-10)16(17,18)19/h2-3,6-7,9,11,13H,4-5,8H2,1H3,(H,20,21)(H,22,23). The lowest BCUT2D eigenvalue weighted by molar-refractivity contribution is -0.143. The Morgan fingerprint density at radius 1 is 1.26 bits per heavy atom. The predicted octanol–water partition coefficient (Wildman–Crippen LogP) is 2.86. The number of halogens is 3. The molecule has 0 bridgehead atoms. The second-order valence-corrected chi connectivity index (χ2v) is 5.96. The molecule has 2 N–H and O–H groups in total. The maximum absolute atomic E-state index is 12.5. The van der Waals surface area contributed by atoms with Gasteiger partial charge in [-0.05, 0) is 42.9 Å². The van der Waals surface area contributed by atoms with Crippen LogP contribution in [0.15, 0.2) is 24.3 Å². The fraction of sp³-hybridized carbons (Fsp3) is 0.500. The Morgan fingerprint density at radius 3 is 2.26 bits per heavy atom. The molecule has 0 aliphatic heterocycles. The van der Waals surface area contributed by atoms with E-state index in [4.69, 9.17) is 5.11 Å². The van der Waals surface area contributed by atoms with E-state index < -0.39 is 35.6 Å². The van der Waals surface area contributed by atoms with E-state index in [-0.39, 0.29) is 12.3 Å². The van der Waals surface area contributed by atoms with Crippen LogP contribution in [0.2, 0.25) is 0 Å². The monoisotopic (exact) mass is 329 g/mol. The van der Waals surface area contributed by atoms with Crippen molar-refractivity contribution in [1.82, 2.24) is 5.32 Å². The van der Waals surface area contributed by atoms with Gasteiger partial charge in [-0.25, -0.2) is 4.79 Å². The Morgan fingerprint density at radius 2 is 1.83 bits per heavy atom. The minimum Gasteiger partial charge on any atom is -0.480 e. The van der Waals surface area contributed by atoms with E-state index in [0.717, 1.165) is 25.0 Å². The van der Waals surface area contributed by atoms with Crippen molar-refractivity contribution in [2.75, 3.05) is 0 Å². The first kappa shape index (κ1) is 17.3. The first-order valence-electron chi connectivity index (χ1n) is 7.38. The average molecular weight is 329 g/mol. The smallest absolute Gasteiger partial charge is 0.416 e. The summed E-state index contributed by atoms with van der Waals surface area (Å²) in [6.45, 7) is 1.62. The highest BCUT2D eigenvalue weighted by molar-refractivity contribution is 5.85. The van der Waals surface area contributed by atoms with Crippen LogP contribution in [-0.2, 0) is 22.2 Å². The van der Waals surface area contributed by atoms with Gasteiger partial charge >= 0.3 is 12.1 Å². The summed E-state index contributed by atoms with van der Waals surface area (Å²) in [4.78, 5) is 23.2. The van der Waals surface area contributed by atoms with Crippen molar-refractivity contribution in [3.8, 4) is 0 Å². The summed E-state index contributed by atoms with van der Waals surface area (Å²) in [5, 5.41) is 11.6. The Labute approximate surface area is 131 Å². The van der Waals surface area contributed by atoms with E-state index in [1.807, 2.05) is 0 Å². The predicted molar refractivity (Wildman–Crippen MR) is 76.6 cm³/mol. The fourth-order valence-corrected chi connectivity index (χ4v) is 2.38. The Hall–Kier alpha value is -2.05. The van der Waals surface area contributed by atoms with Crippen LogP contribution in [0.5, 0.6) is 0 Å². The Kier molecular flexibility index (Phi) is 4.97. The largest absolute Gasteiger partial charge is 0.480 e. The zero-order valence-electron chi connectivity index (χ0n) is 12.6. The summed E-state index contributed by atoms with van der Waals surface area (Å²) in [5.74, 6) is -1.99. The zero-order valence-corrected chi connectivity index (χ0v) is 12.6. The van der Waals surface area contributed by atoms with Crippen molar-refractivity contribution >= 4 is 11.9 Å². The Balaban J connectivity index is 1.94. The van der Waals surface area contributed by atoms with Gasteiger partial charge in [-0.2, -0.15) is 13.2 Å². The first-order valence-corrected chi connectivity index (χ1v) is 7.38. The van der Waals surface area contributed by atoms with Crippen LogP contribution in [0.4, 0.5) is 13.2 Å². The number of carbonyl (C=O) groups excluding carboxylic acids is 1. The highest BCUT2D eigenvalue weighted by Gasteiger charge is 2.37. The summed E-state index contributed by atoms with van der Waals surface area (Å²) in [7, 11) is 0. The molecule has 1 aromatic rings. The number of rotatable bonds is 6. The van der Waals surface area contributed by atoms with Gasteiger partial charge in [0.25, 0.3) is 0 Å². The van der Waals surface area contributed by atoms with Crippen molar-refractivity contribution in [2.24, 2.45) is 11.8 Å². The lowest BCUT2D eigenvalue weighted by atomic mass is 9.98. The van der Waals surface area contributed by atoms with Gasteiger partial charge in [-0.15, -0.1) is 0 Å². The zero-order chi connectivity index (χ0) is 17.2. The van der Waals surface area contributed by atoms with Crippen LogP contribution in [0.1, 0.15) is 30.9 Å². The van der Waals surface area contributed by atoms with Crippen molar-refractivity contribution in [3.63, 3.8) is 0 Å². The number of alkyl halides is 3. The van der Waals surface area contributed by atoms with Crippen LogP contribution in [0, 0.1) is 11.8 Å². The van der Waals surface area contributed by atoms with E-state index in [1.54, 1.807) is 6.92 Å². The molecule has 23 heavy (non-hydrogen) atoms. The quantitative estimate of drug-likeness (QED) is 0.843. The SMILES string of the molecule is CC(Cc1ccc(C(F)(F)F)cc1)C(=O)NC(C(=O)O)C1CC1. The molecule has 4 nitrogen and oxygen atoms in total. The molecule has 0 heterocycles. The molecule has 2 rings (SSSR count). The second kappa shape index (κ2) is 6.60. The summed E-state index contributed by atoms with van der Waals surface area (Å²) < 4.78 is 37.5. The van der Waals surface area contributed by atoms with Gasteiger partial charge in [0, 0.05) is 5.92 Å². The van der Waals surface area contributed by atoms with E-state index in [0.29, 0.717) is 5.56 Å². The van der Waals surface area contributed by atoms with Crippen LogP contribution < -0.4 is 5.32 Å². The number of amides is 1. The third kappa shape index (κ3) is 4.71. The molecule has 1 aliphatic carbocycles. The summed E-state index contributed by atoms with van der Waals surface area (Å²) in [6.07, 6.45) is -2.57. The average Bonchev–Trinajstić information content (AvgIpc) is 3.28. The van der Waals surface area contributed by atoms with Gasteiger partial charge in [-0.3, -0.25) is 4.79 Å². The molecule has 1 fully saturated rings. The van der Waals surface area contributed by atoms with Crippen LogP contribution in [0.3, 0.4) is 0 Å². The molecule has 1 aromatic carbocycles. The Bertz CT molecular complexity index is 579. The molecular formula is C16H18F3NO3. The summed E-state index contributed by atoms with van der Waals surface area (Å²) in [5.41, 5.74) is -0.142. The molecule has 0 aromatic heterocycles. The van der Waals surface area contributed by atoms with Crippen LogP contribution >= 0.6 is 0 Å². The maximum atomic E-state index is 12.5. The maximum Gasteiger partial charge on any atom is 0.416 e. The van der Waals surface area contributed by atoms with Crippen molar-refractivity contribution in [1.29, 1.82) is 0 Å². The third-order valence-corrected chi connectivity index (χ3v) is 3.93. The molecule has 1 saturated carbocycles. The van der Waals surface area contributed by atoms with Gasteiger partial charge < -0.3 is 10.4 Å². The van der Waals surface area contributed by atoms with Crippen LogP contribution in [0.25, 0.3) is 0 Å². The number of nitrogens with one attached hydrogen (secondary N) is 1. The van der Waals surface area contributed by atoms with Crippen molar-refractivity contribution < 1.29 is 27.9 Å². The highest BCUT2D eigenvalue weighted by Crippen LogP contribution is 2.33. The van der Waals surface area contributed by atoms with E-state index in [9.17, 15) is 22.8 Å². The topological polar surface area (TPSA) is 66.4 Å². The van der Waals surface area contributed by atoms with Crippen LogP contribution in [-0.4, -0.2) is 23.0 Å². The molecule has 1 aliphatic rings. The lowest BCUT2D eigenvalue weighted by Gasteiger charge is -2.17. The van der Waals surface area contributed by atoms with Gasteiger partial charge in [0.15, 0.2) is 0 Å². The molecule has 0 spiro atoms.